The minimum atomic E-state index is -0.759. The first kappa shape index (κ1) is 11.6. The van der Waals surface area contributed by atoms with Gasteiger partial charge in [0.1, 0.15) is 0 Å². The van der Waals surface area contributed by atoms with Crippen molar-refractivity contribution in [3.63, 3.8) is 0 Å². The number of aliphatic hydroxyl groups is 1. The zero-order chi connectivity index (χ0) is 11.8. The molecule has 0 aromatic heterocycles. The Morgan fingerprint density at radius 2 is 2.12 bits per heavy atom. The molecular weight excluding hydrogens is 198 g/mol. The van der Waals surface area contributed by atoms with Crippen LogP contribution in [-0.4, -0.2) is 11.7 Å². The van der Waals surface area contributed by atoms with Crippen molar-refractivity contribution in [3.8, 4) is 0 Å². The summed E-state index contributed by atoms with van der Waals surface area (Å²) in [5.41, 5.74) is 1.59. The molecule has 0 amide bonds. The van der Waals surface area contributed by atoms with E-state index in [4.69, 9.17) is 0 Å². The quantitative estimate of drug-likeness (QED) is 0.801. The van der Waals surface area contributed by atoms with Crippen LogP contribution in [0.4, 0.5) is 0 Å². The van der Waals surface area contributed by atoms with Gasteiger partial charge in [0.2, 0.25) is 0 Å². The summed E-state index contributed by atoms with van der Waals surface area (Å²) in [6.07, 6.45) is 2.39. The van der Waals surface area contributed by atoms with E-state index >= 15 is 0 Å². The van der Waals surface area contributed by atoms with Gasteiger partial charge >= 0.3 is 0 Å². The third kappa shape index (κ3) is 2.13. The van der Waals surface area contributed by atoms with E-state index < -0.39 is 5.60 Å². The summed E-state index contributed by atoms with van der Waals surface area (Å²) in [4.78, 5) is 0. The van der Waals surface area contributed by atoms with Gasteiger partial charge < -0.3 is 10.4 Å². The highest BCUT2D eigenvalue weighted by atomic mass is 16.3. The molecule has 2 nitrogen and oxygen atoms in total. The Kier molecular flexibility index (Phi) is 2.81. The minimum absolute atomic E-state index is 0.0846. The summed E-state index contributed by atoms with van der Waals surface area (Å²) in [6.45, 7) is 6.99. The van der Waals surface area contributed by atoms with Crippen molar-refractivity contribution in [2.24, 2.45) is 0 Å². The van der Waals surface area contributed by atoms with Gasteiger partial charge in [0, 0.05) is 5.54 Å². The van der Waals surface area contributed by atoms with E-state index in [1.165, 1.54) is 18.4 Å². The van der Waals surface area contributed by atoms with E-state index in [1.54, 1.807) is 0 Å². The molecular formula is C14H21NO. The number of rotatable bonds is 2. The fourth-order valence-electron chi connectivity index (χ4n) is 2.38. The predicted molar refractivity (Wildman–Crippen MR) is 66.3 cm³/mol. The van der Waals surface area contributed by atoms with Crippen molar-refractivity contribution < 1.29 is 5.11 Å². The zero-order valence-electron chi connectivity index (χ0n) is 10.4. The molecule has 1 aromatic rings. The molecule has 1 atom stereocenters. The van der Waals surface area contributed by atoms with Crippen LogP contribution in [0, 0.1) is 0 Å². The van der Waals surface area contributed by atoms with Gasteiger partial charge in [-0.3, -0.25) is 0 Å². The smallest absolute Gasteiger partial charge is 0.0840 e. The molecule has 1 unspecified atom stereocenters. The molecule has 0 spiro atoms. The number of benzene rings is 1. The average molecular weight is 219 g/mol. The van der Waals surface area contributed by atoms with Crippen LogP contribution in [0.3, 0.4) is 0 Å². The van der Waals surface area contributed by atoms with Crippen LogP contribution in [0.25, 0.3) is 0 Å². The number of nitrogens with one attached hydrogen (secondary N) is 1. The van der Waals surface area contributed by atoms with Crippen LogP contribution in [0.5, 0.6) is 0 Å². The highest BCUT2D eigenvalue weighted by Gasteiger charge is 2.30. The van der Waals surface area contributed by atoms with Crippen molar-refractivity contribution in [2.75, 3.05) is 6.54 Å². The van der Waals surface area contributed by atoms with Gasteiger partial charge in [-0.05, 0) is 51.3 Å². The Morgan fingerprint density at radius 3 is 2.69 bits per heavy atom. The highest BCUT2D eigenvalue weighted by Crippen LogP contribution is 2.32. The van der Waals surface area contributed by atoms with Gasteiger partial charge in [0.25, 0.3) is 0 Å². The fourth-order valence-corrected chi connectivity index (χ4v) is 2.38. The second kappa shape index (κ2) is 3.86. The Morgan fingerprint density at radius 1 is 1.38 bits per heavy atom. The van der Waals surface area contributed by atoms with Crippen LogP contribution in [-0.2, 0) is 11.1 Å². The molecule has 1 aliphatic heterocycles. The third-order valence-corrected chi connectivity index (χ3v) is 3.57. The molecule has 16 heavy (non-hydrogen) atoms. The predicted octanol–water partition coefficient (Wildman–Crippen LogP) is 2.51. The van der Waals surface area contributed by atoms with Gasteiger partial charge in [-0.15, -0.1) is 0 Å². The van der Waals surface area contributed by atoms with E-state index in [0.717, 1.165) is 12.1 Å². The number of hydrogen-bond acceptors (Lipinski definition) is 2. The molecule has 1 heterocycles. The van der Waals surface area contributed by atoms with Crippen LogP contribution >= 0.6 is 0 Å². The molecule has 1 saturated heterocycles. The summed E-state index contributed by atoms with van der Waals surface area (Å²) < 4.78 is 0. The van der Waals surface area contributed by atoms with Gasteiger partial charge in [-0.2, -0.15) is 0 Å². The summed E-state index contributed by atoms with van der Waals surface area (Å²) in [5.74, 6) is 0. The summed E-state index contributed by atoms with van der Waals surface area (Å²) >= 11 is 0. The lowest BCUT2D eigenvalue weighted by Crippen LogP contribution is -2.33. The Labute approximate surface area is 97.7 Å². The molecule has 2 rings (SSSR count). The lowest BCUT2D eigenvalue weighted by molar-refractivity contribution is 0.0784. The molecule has 0 bridgehead atoms. The second-order valence-corrected chi connectivity index (χ2v) is 5.50. The van der Waals surface area contributed by atoms with Gasteiger partial charge in [0.05, 0.1) is 5.60 Å². The molecule has 1 aromatic carbocycles. The molecule has 0 radical (unpaired) electrons. The first-order chi connectivity index (χ1) is 7.42. The van der Waals surface area contributed by atoms with Crippen molar-refractivity contribution >= 4 is 0 Å². The molecule has 1 fully saturated rings. The lowest BCUT2D eigenvalue weighted by Gasteiger charge is -2.27. The van der Waals surface area contributed by atoms with E-state index in [1.807, 2.05) is 26.0 Å². The normalized spacial score (nSPS) is 26.0. The van der Waals surface area contributed by atoms with Gasteiger partial charge in [-0.1, -0.05) is 24.3 Å². The van der Waals surface area contributed by atoms with E-state index in [0.29, 0.717) is 0 Å². The number of hydrogen-bond donors (Lipinski definition) is 2. The monoisotopic (exact) mass is 219 g/mol. The van der Waals surface area contributed by atoms with Crippen LogP contribution in [0.15, 0.2) is 24.3 Å². The summed E-state index contributed by atoms with van der Waals surface area (Å²) in [6, 6.07) is 8.29. The molecule has 2 N–H and O–H groups in total. The topological polar surface area (TPSA) is 32.3 Å². The molecule has 2 heteroatoms. The second-order valence-electron chi connectivity index (χ2n) is 5.50. The first-order valence-corrected chi connectivity index (χ1v) is 6.00. The minimum Gasteiger partial charge on any atom is -0.386 e. The van der Waals surface area contributed by atoms with Gasteiger partial charge in [-0.25, -0.2) is 0 Å². The Bertz CT molecular complexity index is 373. The maximum atomic E-state index is 10.0. The van der Waals surface area contributed by atoms with E-state index in [2.05, 4.69) is 24.4 Å². The third-order valence-electron chi connectivity index (χ3n) is 3.57. The van der Waals surface area contributed by atoms with E-state index in [9.17, 15) is 5.11 Å². The average Bonchev–Trinajstić information content (AvgIpc) is 2.66. The SMILES string of the molecule is CC(C)(O)c1cccc(C2(C)CCCN2)c1. The van der Waals surface area contributed by atoms with Crippen LogP contribution in [0.2, 0.25) is 0 Å². The fraction of sp³-hybridized carbons (Fsp3) is 0.571. The van der Waals surface area contributed by atoms with Crippen molar-refractivity contribution in [2.45, 2.75) is 44.8 Å². The van der Waals surface area contributed by atoms with Crippen LogP contribution < -0.4 is 5.32 Å². The molecule has 0 saturated carbocycles. The molecule has 88 valence electrons. The van der Waals surface area contributed by atoms with Crippen molar-refractivity contribution in [1.29, 1.82) is 0 Å². The standard InChI is InChI=1S/C14H21NO/c1-13(2,16)11-6-4-7-12(10-11)14(3)8-5-9-15-14/h4,6-7,10,15-16H,5,8-9H2,1-3H3. The lowest BCUT2D eigenvalue weighted by atomic mass is 9.87. The molecule has 0 aliphatic carbocycles. The highest BCUT2D eigenvalue weighted by molar-refractivity contribution is 5.32. The molecule has 1 aliphatic rings. The largest absolute Gasteiger partial charge is 0.386 e. The zero-order valence-corrected chi connectivity index (χ0v) is 10.4. The summed E-state index contributed by atoms with van der Waals surface area (Å²) in [7, 11) is 0. The van der Waals surface area contributed by atoms with E-state index in [-0.39, 0.29) is 5.54 Å². The van der Waals surface area contributed by atoms with Crippen molar-refractivity contribution in [3.05, 3.63) is 35.4 Å². The van der Waals surface area contributed by atoms with Crippen molar-refractivity contribution in [1.82, 2.24) is 5.32 Å². The van der Waals surface area contributed by atoms with Crippen LogP contribution in [0.1, 0.15) is 44.7 Å². The maximum absolute atomic E-state index is 10.0. The Hall–Kier alpha value is -0.860. The first-order valence-electron chi connectivity index (χ1n) is 6.00. The van der Waals surface area contributed by atoms with Gasteiger partial charge in [0.15, 0.2) is 0 Å². The Balaban J connectivity index is 2.36. The summed E-state index contributed by atoms with van der Waals surface area (Å²) in [5, 5.41) is 13.6. The maximum Gasteiger partial charge on any atom is 0.0840 e.